The molecule has 0 aromatic heterocycles. The maximum Gasteiger partial charge on any atom is 0.251 e. The van der Waals surface area contributed by atoms with Crippen LogP contribution in [-0.4, -0.2) is 28.0 Å². The molecule has 0 fully saturated rings. The van der Waals surface area contributed by atoms with Gasteiger partial charge in [-0.3, -0.25) is 4.79 Å². The largest absolute Gasteiger partial charge is 0.495 e. The van der Waals surface area contributed by atoms with E-state index in [1.54, 1.807) is 24.3 Å². The normalized spacial score (nSPS) is 11.1. The summed E-state index contributed by atoms with van der Waals surface area (Å²) < 4.78 is 39.1. The summed E-state index contributed by atoms with van der Waals surface area (Å²) in [6.45, 7) is 2.77. The summed E-state index contributed by atoms with van der Waals surface area (Å²) in [4.78, 5) is 12.6. The van der Waals surface area contributed by atoms with E-state index in [-0.39, 0.29) is 29.3 Å². The Morgan fingerprint density at radius 3 is 2.42 bits per heavy atom. The second-order valence-electron chi connectivity index (χ2n) is 7.08. The minimum Gasteiger partial charge on any atom is -0.495 e. The van der Waals surface area contributed by atoms with Crippen molar-refractivity contribution in [2.24, 2.45) is 0 Å². The van der Waals surface area contributed by atoms with Gasteiger partial charge in [-0.25, -0.2) is 13.1 Å². The lowest BCUT2D eigenvalue weighted by Crippen LogP contribution is -2.26. The predicted octanol–water partition coefficient (Wildman–Crippen LogP) is 4.16. The van der Waals surface area contributed by atoms with E-state index < -0.39 is 15.9 Å². The Morgan fingerprint density at radius 2 is 1.73 bits per heavy atom. The van der Waals surface area contributed by atoms with Gasteiger partial charge < -0.3 is 14.8 Å². The van der Waals surface area contributed by atoms with Gasteiger partial charge in [0.1, 0.15) is 16.4 Å². The number of nitrogens with one attached hydrogen (secondary N) is 2. The van der Waals surface area contributed by atoms with Gasteiger partial charge in [0.2, 0.25) is 10.0 Å². The Bertz CT molecular complexity index is 1210. The molecular weight excluding hydrogens is 464 g/mol. The van der Waals surface area contributed by atoms with E-state index >= 15 is 0 Å². The fourth-order valence-electron chi connectivity index (χ4n) is 3.08. The molecule has 3 aromatic carbocycles. The third-order valence-electron chi connectivity index (χ3n) is 4.76. The molecule has 2 N–H and O–H groups in total. The molecule has 0 aliphatic heterocycles. The van der Waals surface area contributed by atoms with Crippen molar-refractivity contribution >= 4 is 27.5 Å². The van der Waals surface area contributed by atoms with Crippen LogP contribution in [0.25, 0.3) is 0 Å². The number of hydrogen-bond donors (Lipinski definition) is 2. The van der Waals surface area contributed by atoms with Gasteiger partial charge in [-0.2, -0.15) is 0 Å². The first kappa shape index (κ1) is 24.6. The summed E-state index contributed by atoms with van der Waals surface area (Å²) in [6.07, 6.45) is 0. The molecule has 3 aromatic rings. The number of carbonyl (C=O) groups is 1. The molecule has 0 unspecified atom stereocenters. The topological polar surface area (TPSA) is 93.7 Å². The molecule has 0 bridgehead atoms. The quantitative estimate of drug-likeness (QED) is 0.447. The molecule has 33 heavy (non-hydrogen) atoms. The van der Waals surface area contributed by atoms with Gasteiger partial charge in [-0.05, 0) is 60.5 Å². The van der Waals surface area contributed by atoms with E-state index in [4.69, 9.17) is 21.1 Å². The van der Waals surface area contributed by atoms with Crippen molar-refractivity contribution in [1.82, 2.24) is 10.0 Å². The first-order valence-corrected chi connectivity index (χ1v) is 12.1. The Labute approximate surface area is 198 Å². The number of amides is 1. The monoisotopic (exact) mass is 488 g/mol. The van der Waals surface area contributed by atoms with Gasteiger partial charge in [0.25, 0.3) is 5.91 Å². The Hall–Kier alpha value is -3.07. The average molecular weight is 489 g/mol. The van der Waals surface area contributed by atoms with Gasteiger partial charge in [0.15, 0.2) is 0 Å². The molecule has 3 rings (SSSR count). The minimum absolute atomic E-state index is 0.0647. The molecule has 9 heteroatoms. The van der Waals surface area contributed by atoms with Gasteiger partial charge in [-0.15, -0.1) is 0 Å². The van der Waals surface area contributed by atoms with Gasteiger partial charge >= 0.3 is 0 Å². The first-order valence-electron chi connectivity index (χ1n) is 10.2. The van der Waals surface area contributed by atoms with Crippen LogP contribution in [0, 0.1) is 0 Å². The number of benzene rings is 3. The molecule has 0 saturated heterocycles. The van der Waals surface area contributed by atoms with Crippen LogP contribution in [-0.2, 0) is 23.1 Å². The van der Waals surface area contributed by atoms with Crippen LogP contribution in [0.2, 0.25) is 5.02 Å². The standard InChI is InChI=1S/C24H25ClN2O5S/c1-3-32-21-6-4-5-18(13-21)15-26-24(28)19-9-12-22(31-2)23(14-19)33(29,30)27-16-17-7-10-20(25)11-8-17/h4-14,27H,3,15-16H2,1-2H3,(H,26,28). The third kappa shape index (κ3) is 6.71. The third-order valence-corrected chi connectivity index (χ3v) is 6.43. The molecular formula is C24H25ClN2O5S. The molecule has 0 radical (unpaired) electrons. The van der Waals surface area contributed by atoms with Crippen LogP contribution in [0.3, 0.4) is 0 Å². The molecule has 0 heterocycles. The highest BCUT2D eigenvalue weighted by molar-refractivity contribution is 7.89. The summed E-state index contributed by atoms with van der Waals surface area (Å²) in [7, 11) is -2.58. The van der Waals surface area contributed by atoms with Crippen LogP contribution in [0.15, 0.2) is 71.6 Å². The smallest absolute Gasteiger partial charge is 0.251 e. The molecule has 174 valence electrons. The van der Waals surface area contributed by atoms with Crippen molar-refractivity contribution < 1.29 is 22.7 Å². The van der Waals surface area contributed by atoms with Crippen molar-refractivity contribution in [3.63, 3.8) is 0 Å². The Kier molecular flexibility index (Phi) is 8.32. The maximum absolute atomic E-state index is 12.9. The van der Waals surface area contributed by atoms with Crippen LogP contribution in [0.5, 0.6) is 11.5 Å². The van der Waals surface area contributed by atoms with Crippen molar-refractivity contribution in [2.75, 3.05) is 13.7 Å². The highest BCUT2D eigenvalue weighted by atomic mass is 35.5. The minimum atomic E-state index is -3.95. The van der Waals surface area contributed by atoms with Crippen molar-refractivity contribution in [3.8, 4) is 11.5 Å². The molecule has 0 aliphatic rings. The molecule has 7 nitrogen and oxygen atoms in total. The van der Waals surface area contributed by atoms with E-state index in [0.717, 1.165) is 11.1 Å². The van der Waals surface area contributed by atoms with E-state index in [1.165, 1.54) is 25.3 Å². The summed E-state index contributed by atoms with van der Waals surface area (Å²) in [6, 6.07) is 18.5. The predicted molar refractivity (Wildman–Crippen MR) is 127 cm³/mol. The van der Waals surface area contributed by atoms with Crippen molar-refractivity contribution in [3.05, 3.63) is 88.4 Å². The molecule has 0 spiro atoms. The molecule has 0 aliphatic carbocycles. The molecule has 0 saturated carbocycles. The van der Waals surface area contributed by atoms with E-state index in [9.17, 15) is 13.2 Å². The Balaban J connectivity index is 1.74. The van der Waals surface area contributed by atoms with E-state index in [1.807, 2.05) is 31.2 Å². The van der Waals surface area contributed by atoms with Gasteiger partial charge in [0, 0.05) is 23.7 Å². The number of halogens is 1. The SMILES string of the molecule is CCOc1cccc(CNC(=O)c2ccc(OC)c(S(=O)(=O)NCc3ccc(Cl)cc3)c2)c1. The van der Waals surface area contributed by atoms with Crippen LogP contribution in [0.1, 0.15) is 28.4 Å². The zero-order valence-corrected chi connectivity index (χ0v) is 19.9. The van der Waals surface area contributed by atoms with E-state index in [0.29, 0.717) is 17.4 Å². The van der Waals surface area contributed by atoms with E-state index in [2.05, 4.69) is 10.0 Å². The summed E-state index contributed by atoms with van der Waals surface area (Å²) >= 11 is 5.87. The van der Waals surface area contributed by atoms with Crippen LogP contribution in [0.4, 0.5) is 0 Å². The lowest BCUT2D eigenvalue weighted by Gasteiger charge is -2.13. The highest BCUT2D eigenvalue weighted by Crippen LogP contribution is 2.25. The number of rotatable bonds is 10. The lowest BCUT2D eigenvalue weighted by atomic mass is 10.2. The average Bonchev–Trinajstić information content (AvgIpc) is 2.82. The summed E-state index contributed by atoms with van der Waals surface area (Å²) in [5.41, 5.74) is 1.80. The highest BCUT2D eigenvalue weighted by Gasteiger charge is 2.21. The van der Waals surface area contributed by atoms with Crippen LogP contribution >= 0.6 is 11.6 Å². The summed E-state index contributed by atoms with van der Waals surface area (Å²) in [5, 5.41) is 3.36. The van der Waals surface area contributed by atoms with Gasteiger partial charge in [-0.1, -0.05) is 35.9 Å². The number of sulfonamides is 1. The molecule has 0 atom stereocenters. The summed E-state index contributed by atoms with van der Waals surface area (Å²) in [5.74, 6) is 0.446. The number of ether oxygens (including phenoxy) is 2. The first-order chi connectivity index (χ1) is 15.8. The van der Waals surface area contributed by atoms with Gasteiger partial charge in [0.05, 0.1) is 13.7 Å². The van der Waals surface area contributed by atoms with Crippen LogP contribution < -0.4 is 19.5 Å². The zero-order valence-electron chi connectivity index (χ0n) is 18.3. The fraction of sp³-hybridized carbons (Fsp3) is 0.208. The van der Waals surface area contributed by atoms with Crippen molar-refractivity contribution in [2.45, 2.75) is 24.9 Å². The molecule has 1 amide bonds. The number of methoxy groups -OCH3 is 1. The lowest BCUT2D eigenvalue weighted by molar-refractivity contribution is 0.0950. The Morgan fingerprint density at radius 1 is 0.970 bits per heavy atom. The fourth-order valence-corrected chi connectivity index (χ4v) is 4.42. The maximum atomic E-state index is 12.9. The van der Waals surface area contributed by atoms with Crippen molar-refractivity contribution in [1.29, 1.82) is 0 Å². The number of hydrogen-bond acceptors (Lipinski definition) is 5. The zero-order chi connectivity index (χ0) is 23.8. The second kappa shape index (κ2) is 11.2. The second-order valence-corrected chi connectivity index (χ2v) is 9.25. The number of carbonyl (C=O) groups excluding carboxylic acids is 1.